The van der Waals surface area contributed by atoms with Crippen molar-refractivity contribution >= 4 is 10.0 Å². The summed E-state index contributed by atoms with van der Waals surface area (Å²) in [5.41, 5.74) is 0. The first-order valence-corrected chi connectivity index (χ1v) is 7.93. The zero-order chi connectivity index (χ0) is 13.9. The molecule has 106 valence electrons. The Hall–Kier alpha value is -1.21. The van der Waals surface area contributed by atoms with Crippen molar-refractivity contribution in [3.05, 3.63) is 18.5 Å². The van der Waals surface area contributed by atoms with E-state index in [1.165, 1.54) is 4.31 Å². The average Bonchev–Trinajstić information content (AvgIpc) is 2.40. The number of piperidine rings is 1. The molecule has 1 aliphatic heterocycles. The lowest BCUT2D eigenvalue weighted by Crippen LogP contribution is -2.46. The molecule has 0 aromatic carbocycles. The molecule has 1 aliphatic rings. The third-order valence-electron chi connectivity index (χ3n) is 3.11. The van der Waals surface area contributed by atoms with Crippen molar-refractivity contribution in [2.45, 2.75) is 38.0 Å². The summed E-state index contributed by atoms with van der Waals surface area (Å²) in [5, 5.41) is -0.403. The Morgan fingerprint density at radius 3 is 2.68 bits per heavy atom. The Bertz CT molecular complexity index is 504. The van der Waals surface area contributed by atoms with Gasteiger partial charge < -0.3 is 4.74 Å². The quantitative estimate of drug-likeness (QED) is 0.827. The monoisotopic (exact) mass is 285 g/mol. The average molecular weight is 285 g/mol. The minimum Gasteiger partial charge on any atom is -0.459 e. The summed E-state index contributed by atoms with van der Waals surface area (Å²) in [5.74, 6) is 0. The Balaban J connectivity index is 2.02. The Morgan fingerprint density at radius 1 is 1.37 bits per heavy atom. The van der Waals surface area contributed by atoms with Gasteiger partial charge in [-0.15, -0.1) is 0 Å². The molecule has 1 unspecified atom stereocenters. The first kappa shape index (κ1) is 14.2. The second-order valence-electron chi connectivity index (χ2n) is 4.87. The second kappa shape index (κ2) is 5.83. The summed E-state index contributed by atoms with van der Waals surface area (Å²) >= 11 is 0. The molecule has 7 heteroatoms. The van der Waals surface area contributed by atoms with Gasteiger partial charge >= 0.3 is 6.01 Å². The van der Waals surface area contributed by atoms with Gasteiger partial charge in [0.05, 0.1) is 11.8 Å². The fourth-order valence-corrected chi connectivity index (χ4v) is 3.38. The van der Waals surface area contributed by atoms with Gasteiger partial charge in [0.15, 0.2) is 0 Å². The number of hydrogen-bond donors (Lipinski definition) is 0. The lowest BCUT2D eigenvalue weighted by molar-refractivity contribution is 0.119. The van der Waals surface area contributed by atoms with Gasteiger partial charge in [-0.05, 0) is 32.8 Å². The van der Waals surface area contributed by atoms with Gasteiger partial charge in [0.1, 0.15) is 6.10 Å². The van der Waals surface area contributed by atoms with E-state index in [2.05, 4.69) is 9.97 Å². The van der Waals surface area contributed by atoms with Crippen LogP contribution in [0.25, 0.3) is 0 Å². The van der Waals surface area contributed by atoms with Crippen LogP contribution in [0.2, 0.25) is 0 Å². The van der Waals surface area contributed by atoms with Crippen LogP contribution in [-0.2, 0) is 10.0 Å². The van der Waals surface area contributed by atoms with Crippen LogP contribution >= 0.6 is 0 Å². The first-order chi connectivity index (χ1) is 9.00. The van der Waals surface area contributed by atoms with Gasteiger partial charge in [-0.3, -0.25) is 0 Å². The smallest absolute Gasteiger partial charge is 0.316 e. The highest BCUT2D eigenvalue weighted by atomic mass is 32.2. The van der Waals surface area contributed by atoms with Gasteiger partial charge in [0.25, 0.3) is 0 Å². The normalized spacial score (nSPS) is 21.5. The molecule has 0 bridgehead atoms. The van der Waals surface area contributed by atoms with Crippen molar-refractivity contribution in [3.63, 3.8) is 0 Å². The van der Waals surface area contributed by atoms with E-state index in [9.17, 15) is 8.42 Å². The van der Waals surface area contributed by atoms with Crippen molar-refractivity contribution in [1.82, 2.24) is 14.3 Å². The van der Waals surface area contributed by atoms with Crippen LogP contribution in [0.15, 0.2) is 18.5 Å². The Kier molecular flexibility index (Phi) is 4.36. The van der Waals surface area contributed by atoms with Crippen LogP contribution in [0, 0.1) is 0 Å². The van der Waals surface area contributed by atoms with Crippen LogP contribution in [0.5, 0.6) is 6.01 Å². The summed E-state index contributed by atoms with van der Waals surface area (Å²) in [6, 6.07) is 2.01. The van der Waals surface area contributed by atoms with E-state index in [4.69, 9.17) is 4.74 Å². The van der Waals surface area contributed by atoms with Gasteiger partial charge in [-0.1, -0.05) is 0 Å². The fourth-order valence-electron chi connectivity index (χ4n) is 2.03. The van der Waals surface area contributed by atoms with Crippen molar-refractivity contribution < 1.29 is 13.2 Å². The van der Waals surface area contributed by atoms with E-state index in [0.29, 0.717) is 19.1 Å². The number of nitrogens with zero attached hydrogens (tertiary/aromatic N) is 3. The number of aromatic nitrogens is 2. The van der Waals surface area contributed by atoms with Crippen LogP contribution in [0.4, 0.5) is 0 Å². The van der Waals surface area contributed by atoms with Gasteiger partial charge in [-0.25, -0.2) is 18.4 Å². The van der Waals surface area contributed by atoms with Gasteiger partial charge in [0, 0.05) is 18.9 Å². The zero-order valence-electron chi connectivity index (χ0n) is 11.2. The minimum absolute atomic E-state index is 0.176. The highest BCUT2D eigenvalue weighted by Gasteiger charge is 2.32. The van der Waals surface area contributed by atoms with Crippen LogP contribution < -0.4 is 4.74 Å². The topological polar surface area (TPSA) is 72.4 Å². The summed E-state index contributed by atoms with van der Waals surface area (Å²) in [6.45, 7) is 4.33. The summed E-state index contributed by atoms with van der Waals surface area (Å²) in [6.07, 6.45) is 4.65. The molecule has 0 amide bonds. The van der Waals surface area contributed by atoms with Gasteiger partial charge in [0.2, 0.25) is 10.0 Å². The van der Waals surface area contributed by atoms with Crippen LogP contribution in [0.1, 0.15) is 26.7 Å². The molecule has 19 heavy (non-hydrogen) atoms. The molecule has 2 heterocycles. The highest BCUT2D eigenvalue weighted by molar-refractivity contribution is 7.89. The molecular weight excluding hydrogens is 266 g/mol. The van der Waals surface area contributed by atoms with E-state index >= 15 is 0 Å². The van der Waals surface area contributed by atoms with E-state index in [1.54, 1.807) is 32.3 Å². The predicted octanol–water partition coefficient (Wildman–Crippen LogP) is 1.06. The molecule has 0 N–H and O–H groups in total. The Morgan fingerprint density at radius 2 is 2.05 bits per heavy atom. The van der Waals surface area contributed by atoms with E-state index in [-0.39, 0.29) is 6.10 Å². The van der Waals surface area contributed by atoms with E-state index in [1.807, 2.05) is 0 Å². The number of ether oxygens (including phenoxy) is 1. The summed E-state index contributed by atoms with van der Waals surface area (Å²) in [4.78, 5) is 7.99. The largest absolute Gasteiger partial charge is 0.459 e. The summed E-state index contributed by atoms with van der Waals surface area (Å²) in [7, 11) is -3.21. The molecular formula is C12H19N3O3S. The molecule has 0 spiro atoms. The summed E-state index contributed by atoms with van der Waals surface area (Å²) < 4.78 is 31.4. The van der Waals surface area contributed by atoms with E-state index < -0.39 is 15.3 Å². The fraction of sp³-hybridized carbons (Fsp3) is 0.667. The first-order valence-electron chi connectivity index (χ1n) is 6.43. The minimum atomic E-state index is -3.21. The zero-order valence-corrected chi connectivity index (χ0v) is 12.0. The van der Waals surface area contributed by atoms with Gasteiger partial charge in [-0.2, -0.15) is 4.31 Å². The third kappa shape index (κ3) is 3.42. The lowest BCUT2D eigenvalue weighted by Gasteiger charge is -2.32. The molecule has 1 aromatic heterocycles. The molecule has 1 atom stereocenters. The molecule has 1 fully saturated rings. The lowest BCUT2D eigenvalue weighted by atomic mass is 10.1. The molecule has 0 aliphatic carbocycles. The number of hydrogen-bond acceptors (Lipinski definition) is 5. The second-order valence-corrected chi connectivity index (χ2v) is 7.35. The maximum absolute atomic E-state index is 12.1. The maximum Gasteiger partial charge on any atom is 0.316 e. The standard InChI is InChI=1S/C12H19N3O3S/c1-10(2)19(16,17)15-8-3-5-11(9-15)18-12-13-6-4-7-14-12/h4,6-7,10-11H,3,5,8-9H2,1-2H3. The maximum atomic E-state index is 12.1. The highest BCUT2D eigenvalue weighted by Crippen LogP contribution is 2.19. The molecule has 1 saturated heterocycles. The van der Waals surface area contributed by atoms with Crippen LogP contribution in [0.3, 0.4) is 0 Å². The van der Waals surface area contributed by atoms with E-state index in [0.717, 1.165) is 12.8 Å². The molecule has 1 aromatic rings. The van der Waals surface area contributed by atoms with Crippen molar-refractivity contribution in [2.24, 2.45) is 0 Å². The molecule has 6 nitrogen and oxygen atoms in total. The third-order valence-corrected chi connectivity index (χ3v) is 5.35. The number of rotatable bonds is 4. The van der Waals surface area contributed by atoms with Crippen LogP contribution in [-0.4, -0.2) is 47.1 Å². The van der Waals surface area contributed by atoms with Crippen molar-refractivity contribution in [1.29, 1.82) is 0 Å². The molecule has 0 radical (unpaired) electrons. The number of sulfonamides is 1. The molecule has 0 saturated carbocycles. The molecule has 2 rings (SSSR count). The SMILES string of the molecule is CC(C)S(=O)(=O)N1CCCC(Oc2ncccn2)C1. The van der Waals surface area contributed by atoms with Crippen molar-refractivity contribution in [3.8, 4) is 6.01 Å². The van der Waals surface area contributed by atoms with Crippen molar-refractivity contribution in [2.75, 3.05) is 13.1 Å². The predicted molar refractivity (Wildman–Crippen MR) is 71.3 cm³/mol. The Labute approximate surface area is 113 Å².